The lowest BCUT2D eigenvalue weighted by Crippen LogP contribution is -2.21. The van der Waals surface area contributed by atoms with Gasteiger partial charge in [-0.1, -0.05) is 13.0 Å². The first-order valence-electron chi connectivity index (χ1n) is 5.66. The van der Waals surface area contributed by atoms with E-state index < -0.39 is 0 Å². The number of aromatic nitrogens is 1. The van der Waals surface area contributed by atoms with Crippen LogP contribution < -0.4 is 10.1 Å². The number of hydrogen-bond donors (Lipinski definition) is 2. The highest BCUT2D eigenvalue weighted by Crippen LogP contribution is 2.25. The summed E-state index contributed by atoms with van der Waals surface area (Å²) in [6, 6.07) is 7.85. The highest BCUT2D eigenvalue weighted by molar-refractivity contribution is 5.86. The Kier molecular flexibility index (Phi) is 3.32. The molecular formula is C13H16N2O2. The van der Waals surface area contributed by atoms with Gasteiger partial charge in [0.2, 0.25) is 5.91 Å². The van der Waals surface area contributed by atoms with E-state index >= 15 is 0 Å². The van der Waals surface area contributed by atoms with E-state index in [0.717, 1.165) is 22.3 Å². The summed E-state index contributed by atoms with van der Waals surface area (Å²) >= 11 is 0. The molecule has 2 aromatic rings. The number of carbonyl (C=O) groups excluding carboxylic acids is 1. The van der Waals surface area contributed by atoms with Gasteiger partial charge in [0.15, 0.2) is 0 Å². The second-order valence-corrected chi connectivity index (χ2v) is 3.85. The number of fused-ring (bicyclic) bond motifs is 1. The van der Waals surface area contributed by atoms with E-state index in [2.05, 4.69) is 10.3 Å². The number of H-pyrrole nitrogens is 1. The van der Waals surface area contributed by atoms with Crippen LogP contribution in [0.3, 0.4) is 0 Å². The molecular weight excluding hydrogens is 216 g/mol. The number of carbonyl (C=O) groups is 1. The van der Waals surface area contributed by atoms with Crippen LogP contribution in [0.15, 0.2) is 24.3 Å². The van der Waals surface area contributed by atoms with Gasteiger partial charge in [-0.25, -0.2) is 0 Å². The lowest BCUT2D eigenvalue weighted by Gasteiger charge is -2.00. The number of methoxy groups -OCH3 is 1. The molecule has 2 N–H and O–H groups in total. The van der Waals surface area contributed by atoms with E-state index in [1.54, 1.807) is 7.11 Å². The van der Waals surface area contributed by atoms with E-state index in [-0.39, 0.29) is 5.91 Å². The minimum absolute atomic E-state index is 0.0515. The van der Waals surface area contributed by atoms with Crippen LogP contribution in [0.2, 0.25) is 0 Å². The quantitative estimate of drug-likeness (QED) is 0.849. The molecule has 0 aliphatic rings. The Hall–Kier alpha value is -1.97. The van der Waals surface area contributed by atoms with Crippen LogP contribution >= 0.6 is 0 Å². The Morgan fingerprint density at radius 3 is 3.00 bits per heavy atom. The summed E-state index contributed by atoms with van der Waals surface area (Å²) in [5.74, 6) is 0.891. The molecule has 17 heavy (non-hydrogen) atoms. The lowest BCUT2D eigenvalue weighted by molar-refractivity contribution is -0.120. The van der Waals surface area contributed by atoms with Gasteiger partial charge in [0.1, 0.15) is 5.75 Å². The van der Waals surface area contributed by atoms with Crippen molar-refractivity contribution in [3.05, 3.63) is 30.0 Å². The van der Waals surface area contributed by atoms with Crippen molar-refractivity contribution in [2.75, 3.05) is 7.11 Å². The van der Waals surface area contributed by atoms with Crippen LogP contribution in [-0.4, -0.2) is 18.0 Å². The van der Waals surface area contributed by atoms with Crippen molar-refractivity contribution in [1.29, 1.82) is 0 Å². The van der Waals surface area contributed by atoms with Crippen LogP contribution in [-0.2, 0) is 11.3 Å². The maximum absolute atomic E-state index is 11.2. The van der Waals surface area contributed by atoms with Gasteiger partial charge in [-0.3, -0.25) is 4.79 Å². The summed E-state index contributed by atoms with van der Waals surface area (Å²) in [7, 11) is 1.65. The summed E-state index contributed by atoms with van der Waals surface area (Å²) in [5, 5.41) is 3.87. The predicted molar refractivity (Wildman–Crippen MR) is 67.0 cm³/mol. The van der Waals surface area contributed by atoms with Crippen LogP contribution in [0.25, 0.3) is 10.9 Å². The minimum Gasteiger partial charge on any atom is -0.496 e. The van der Waals surface area contributed by atoms with Gasteiger partial charge in [0.05, 0.1) is 13.7 Å². The van der Waals surface area contributed by atoms with Gasteiger partial charge in [-0.2, -0.15) is 0 Å². The van der Waals surface area contributed by atoms with Gasteiger partial charge in [-0.05, 0) is 18.2 Å². The minimum atomic E-state index is 0.0515. The summed E-state index contributed by atoms with van der Waals surface area (Å²) in [6.45, 7) is 2.36. The summed E-state index contributed by atoms with van der Waals surface area (Å²) < 4.78 is 5.28. The van der Waals surface area contributed by atoms with Gasteiger partial charge in [0, 0.05) is 23.0 Å². The topological polar surface area (TPSA) is 54.1 Å². The first kappa shape index (κ1) is 11.5. The summed E-state index contributed by atoms with van der Waals surface area (Å²) in [4.78, 5) is 14.4. The molecule has 4 heteroatoms. The number of amides is 1. The van der Waals surface area contributed by atoms with Gasteiger partial charge >= 0.3 is 0 Å². The third kappa shape index (κ3) is 2.41. The molecule has 1 amide bonds. The van der Waals surface area contributed by atoms with Gasteiger partial charge in [-0.15, -0.1) is 0 Å². The number of ether oxygens (including phenoxy) is 1. The van der Waals surface area contributed by atoms with Crippen molar-refractivity contribution in [2.24, 2.45) is 0 Å². The molecule has 0 saturated carbocycles. The van der Waals surface area contributed by atoms with Gasteiger partial charge < -0.3 is 15.0 Å². The normalized spacial score (nSPS) is 10.5. The first-order valence-corrected chi connectivity index (χ1v) is 5.66. The van der Waals surface area contributed by atoms with E-state index in [0.29, 0.717) is 13.0 Å². The molecule has 0 saturated heterocycles. The molecule has 1 aromatic heterocycles. The fourth-order valence-corrected chi connectivity index (χ4v) is 1.78. The largest absolute Gasteiger partial charge is 0.496 e. The zero-order chi connectivity index (χ0) is 12.3. The molecule has 0 spiro atoms. The van der Waals surface area contributed by atoms with Crippen molar-refractivity contribution < 1.29 is 9.53 Å². The molecule has 0 fully saturated rings. The summed E-state index contributed by atoms with van der Waals surface area (Å²) in [6.07, 6.45) is 0.504. The monoisotopic (exact) mass is 232 g/mol. The van der Waals surface area contributed by atoms with Crippen LogP contribution in [0.5, 0.6) is 5.75 Å². The zero-order valence-corrected chi connectivity index (χ0v) is 10.0. The highest BCUT2D eigenvalue weighted by Gasteiger charge is 2.06. The van der Waals surface area contributed by atoms with Crippen LogP contribution in [0.1, 0.15) is 19.0 Å². The number of nitrogens with one attached hydrogen (secondary N) is 2. The fourth-order valence-electron chi connectivity index (χ4n) is 1.78. The molecule has 1 heterocycles. The fraction of sp³-hybridized carbons (Fsp3) is 0.308. The molecule has 0 radical (unpaired) electrons. The summed E-state index contributed by atoms with van der Waals surface area (Å²) in [5.41, 5.74) is 2.00. The molecule has 0 unspecified atom stereocenters. The maximum Gasteiger partial charge on any atom is 0.220 e. The molecule has 1 aromatic carbocycles. The van der Waals surface area contributed by atoms with Crippen LogP contribution in [0.4, 0.5) is 0 Å². The van der Waals surface area contributed by atoms with E-state index in [9.17, 15) is 4.79 Å². The Labute approximate surface area is 100.0 Å². The Morgan fingerprint density at radius 2 is 2.29 bits per heavy atom. The highest BCUT2D eigenvalue weighted by atomic mass is 16.5. The lowest BCUT2D eigenvalue weighted by atomic mass is 10.2. The molecule has 4 nitrogen and oxygen atoms in total. The third-order valence-corrected chi connectivity index (χ3v) is 2.70. The van der Waals surface area contributed by atoms with E-state index in [1.807, 2.05) is 31.2 Å². The SMILES string of the molecule is CCC(=O)NCc1cc2c(OC)cccc2[nH]1. The van der Waals surface area contributed by atoms with Crippen molar-refractivity contribution in [2.45, 2.75) is 19.9 Å². The van der Waals surface area contributed by atoms with Crippen molar-refractivity contribution >= 4 is 16.8 Å². The second kappa shape index (κ2) is 4.91. The van der Waals surface area contributed by atoms with Crippen molar-refractivity contribution in [3.63, 3.8) is 0 Å². The van der Waals surface area contributed by atoms with Crippen molar-refractivity contribution in [1.82, 2.24) is 10.3 Å². The van der Waals surface area contributed by atoms with E-state index in [1.165, 1.54) is 0 Å². The number of benzene rings is 1. The standard InChI is InChI=1S/C13H16N2O2/c1-3-13(16)14-8-9-7-10-11(15-9)5-4-6-12(10)17-2/h4-7,15H,3,8H2,1-2H3,(H,14,16). The first-order chi connectivity index (χ1) is 8.24. The van der Waals surface area contributed by atoms with Crippen LogP contribution in [0, 0.1) is 0 Å². The molecule has 0 aliphatic carbocycles. The molecule has 0 bridgehead atoms. The Bertz CT molecular complexity index is 531. The molecule has 2 rings (SSSR count). The second-order valence-electron chi connectivity index (χ2n) is 3.85. The average molecular weight is 232 g/mol. The smallest absolute Gasteiger partial charge is 0.220 e. The number of aromatic amines is 1. The average Bonchev–Trinajstić information content (AvgIpc) is 2.78. The van der Waals surface area contributed by atoms with Crippen molar-refractivity contribution in [3.8, 4) is 5.75 Å². The third-order valence-electron chi connectivity index (χ3n) is 2.70. The Balaban J connectivity index is 2.22. The van der Waals surface area contributed by atoms with Gasteiger partial charge in [0.25, 0.3) is 0 Å². The number of hydrogen-bond acceptors (Lipinski definition) is 2. The zero-order valence-electron chi connectivity index (χ0n) is 10.0. The molecule has 0 aliphatic heterocycles. The Morgan fingerprint density at radius 1 is 1.47 bits per heavy atom. The maximum atomic E-state index is 11.2. The van der Waals surface area contributed by atoms with E-state index in [4.69, 9.17) is 4.74 Å². The molecule has 90 valence electrons. The predicted octanol–water partition coefficient (Wildman–Crippen LogP) is 2.20. The molecule has 0 atom stereocenters. The number of rotatable bonds is 4.